The Labute approximate surface area is 203 Å². The minimum atomic E-state index is -0.312. The topological polar surface area (TPSA) is 84.2 Å². The van der Waals surface area contributed by atoms with Crippen LogP contribution < -0.4 is 5.32 Å². The van der Waals surface area contributed by atoms with Gasteiger partial charge in [0.05, 0.1) is 11.3 Å². The highest BCUT2D eigenvalue weighted by atomic mass is 19.1. The highest BCUT2D eigenvalue weighted by molar-refractivity contribution is 5.94. The van der Waals surface area contributed by atoms with Crippen LogP contribution in [0.3, 0.4) is 0 Å². The summed E-state index contributed by atoms with van der Waals surface area (Å²) < 4.78 is 18.9. The van der Waals surface area contributed by atoms with Gasteiger partial charge < -0.3 is 9.73 Å². The summed E-state index contributed by atoms with van der Waals surface area (Å²) in [5.41, 5.74) is 3.95. The molecule has 1 saturated heterocycles. The fraction of sp³-hybridized carbons (Fsp3) is 0.259. The van der Waals surface area contributed by atoms with Crippen molar-refractivity contribution in [2.45, 2.75) is 32.4 Å². The van der Waals surface area contributed by atoms with Crippen molar-refractivity contribution in [2.75, 3.05) is 13.1 Å². The second-order valence-corrected chi connectivity index (χ2v) is 8.79. The number of halogens is 1. The monoisotopic (exact) mass is 471 g/mol. The molecular formula is C27H26FN5O2. The number of nitrogens with one attached hydrogen (secondary N) is 1. The third-order valence-corrected chi connectivity index (χ3v) is 6.20. The number of piperidine rings is 1. The van der Waals surface area contributed by atoms with Crippen LogP contribution in [0, 0.1) is 12.7 Å². The number of nitrogens with zero attached hydrogens (tertiary/aromatic N) is 4. The predicted molar refractivity (Wildman–Crippen MR) is 130 cm³/mol. The molecule has 1 N–H and O–H groups in total. The lowest BCUT2D eigenvalue weighted by atomic mass is 10.0. The van der Waals surface area contributed by atoms with E-state index in [4.69, 9.17) is 4.42 Å². The first-order chi connectivity index (χ1) is 17.0. The van der Waals surface area contributed by atoms with Crippen LogP contribution in [0.5, 0.6) is 0 Å². The summed E-state index contributed by atoms with van der Waals surface area (Å²) in [4.78, 5) is 19.4. The fourth-order valence-electron chi connectivity index (χ4n) is 4.28. The van der Waals surface area contributed by atoms with Gasteiger partial charge in [0.25, 0.3) is 5.91 Å². The molecule has 5 rings (SSSR count). The smallest absolute Gasteiger partial charge is 0.253 e. The molecule has 7 nitrogen and oxygen atoms in total. The molecule has 1 aliphatic rings. The quantitative estimate of drug-likeness (QED) is 0.441. The molecular weight excluding hydrogens is 445 g/mol. The molecule has 1 fully saturated rings. The Bertz CT molecular complexity index is 1300. The van der Waals surface area contributed by atoms with Crippen molar-refractivity contribution in [3.05, 3.63) is 89.7 Å². The van der Waals surface area contributed by atoms with Crippen LogP contribution in [0.25, 0.3) is 22.7 Å². The van der Waals surface area contributed by atoms with Crippen molar-refractivity contribution in [1.29, 1.82) is 0 Å². The second kappa shape index (κ2) is 10.1. The van der Waals surface area contributed by atoms with Crippen molar-refractivity contribution in [3.8, 4) is 22.7 Å². The zero-order chi connectivity index (χ0) is 24.2. The van der Waals surface area contributed by atoms with Gasteiger partial charge in [-0.05, 0) is 54.8 Å². The summed E-state index contributed by atoms with van der Waals surface area (Å²) in [6.45, 7) is 4.45. The number of rotatable bonds is 6. The van der Waals surface area contributed by atoms with Gasteiger partial charge in [0, 0.05) is 49.9 Å². The van der Waals surface area contributed by atoms with E-state index in [0.29, 0.717) is 28.6 Å². The maximum atomic E-state index is 13.4. The minimum absolute atomic E-state index is 0.129. The maximum Gasteiger partial charge on any atom is 0.253 e. The number of aryl methyl sites for hydroxylation is 1. The number of hydrogen-bond acceptors (Lipinski definition) is 6. The van der Waals surface area contributed by atoms with E-state index in [-0.39, 0.29) is 17.8 Å². The summed E-state index contributed by atoms with van der Waals surface area (Å²) in [5.74, 6) is 0.641. The molecule has 2 aromatic heterocycles. The Kier molecular flexibility index (Phi) is 6.63. The van der Waals surface area contributed by atoms with Gasteiger partial charge in [-0.15, -0.1) is 10.2 Å². The largest absolute Gasteiger partial charge is 0.421 e. The number of amides is 1. The van der Waals surface area contributed by atoms with E-state index in [1.807, 2.05) is 12.1 Å². The van der Waals surface area contributed by atoms with E-state index in [1.165, 1.54) is 17.7 Å². The molecule has 0 spiro atoms. The zero-order valence-electron chi connectivity index (χ0n) is 19.4. The van der Waals surface area contributed by atoms with Gasteiger partial charge in [0.1, 0.15) is 5.82 Å². The molecule has 0 radical (unpaired) electrons. The van der Waals surface area contributed by atoms with E-state index in [0.717, 1.165) is 38.0 Å². The first-order valence-corrected chi connectivity index (χ1v) is 11.7. The van der Waals surface area contributed by atoms with Crippen LogP contribution in [-0.2, 0) is 6.54 Å². The molecule has 1 aliphatic heterocycles. The van der Waals surface area contributed by atoms with Gasteiger partial charge in [0.15, 0.2) is 0 Å². The van der Waals surface area contributed by atoms with Gasteiger partial charge in [0.2, 0.25) is 11.8 Å². The highest BCUT2D eigenvalue weighted by Gasteiger charge is 2.21. The van der Waals surface area contributed by atoms with Crippen LogP contribution >= 0.6 is 0 Å². The zero-order valence-corrected chi connectivity index (χ0v) is 19.4. The van der Waals surface area contributed by atoms with Crippen LogP contribution in [0.4, 0.5) is 4.39 Å². The molecule has 0 saturated carbocycles. The molecule has 8 heteroatoms. The predicted octanol–water partition coefficient (Wildman–Crippen LogP) is 4.64. The average molecular weight is 472 g/mol. The molecule has 0 unspecified atom stereocenters. The number of aromatic nitrogens is 3. The molecule has 4 aromatic rings. The van der Waals surface area contributed by atoms with Crippen LogP contribution in [-0.4, -0.2) is 45.1 Å². The van der Waals surface area contributed by atoms with Gasteiger partial charge in [-0.25, -0.2) is 4.39 Å². The lowest BCUT2D eigenvalue weighted by molar-refractivity contribution is 0.0908. The number of benzene rings is 2. The van der Waals surface area contributed by atoms with Gasteiger partial charge in [-0.1, -0.05) is 24.3 Å². The molecule has 0 atom stereocenters. The Morgan fingerprint density at radius 3 is 2.51 bits per heavy atom. The molecule has 178 valence electrons. The van der Waals surface area contributed by atoms with E-state index < -0.39 is 0 Å². The van der Waals surface area contributed by atoms with Crippen molar-refractivity contribution < 1.29 is 13.6 Å². The van der Waals surface area contributed by atoms with Gasteiger partial charge >= 0.3 is 0 Å². The summed E-state index contributed by atoms with van der Waals surface area (Å²) in [6.07, 6.45) is 3.32. The molecule has 0 aliphatic carbocycles. The Morgan fingerprint density at radius 2 is 1.86 bits per heavy atom. The Hall–Kier alpha value is -3.91. The first kappa shape index (κ1) is 22.9. The summed E-state index contributed by atoms with van der Waals surface area (Å²) in [7, 11) is 0. The molecule has 2 aromatic carbocycles. The van der Waals surface area contributed by atoms with Crippen molar-refractivity contribution >= 4 is 5.91 Å². The molecule has 0 bridgehead atoms. The summed E-state index contributed by atoms with van der Waals surface area (Å²) in [5, 5.41) is 11.1. The Morgan fingerprint density at radius 1 is 1.06 bits per heavy atom. The van der Waals surface area contributed by atoms with E-state index >= 15 is 0 Å². The lowest BCUT2D eigenvalue weighted by Gasteiger charge is -2.32. The highest BCUT2D eigenvalue weighted by Crippen LogP contribution is 2.21. The van der Waals surface area contributed by atoms with Crippen molar-refractivity contribution in [3.63, 3.8) is 0 Å². The first-order valence-electron chi connectivity index (χ1n) is 11.7. The standard InChI is InChI=1S/C27H26FN5O2/c1-18-31-32-27(35-18)20-7-5-19(6-8-20)17-33-13-11-24(12-14-33)30-26(34)22-9-10-25(29-16-22)21-3-2-4-23(28)15-21/h2-10,15-16,24H,11-14,17H2,1H3,(H,30,34). The molecule has 1 amide bonds. The SMILES string of the molecule is Cc1nnc(-c2ccc(CN3CCC(NC(=O)c4ccc(-c5cccc(F)c5)nc4)CC3)cc2)o1. The second-order valence-electron chi connectivity index (χ2n) is 8.79. The minimum Gasteiger partial charge on any atom is -0.421 e. The van der Waals surface area contributed by atoms with E-state index in [1.54, 1.807) is 37.4 Å². The number of carbonyl (C=O) groups is 1. The van der Waals surface area contributed by atoms with Crippen LogP contribution in [0.2, 0.25) is 0 Å². The third kappa shape index (κ3) is 5.60. The number of carbonyl (C=O) groups excluding carboxylic acids is 1. The summed E-state index contributed by atoms with van der Waals surface area (Å²) >= 11 is 0. The van der Waals surface area contributed by atoms with Crippen LogP contribution in [0.1, 0.15) is 34.7 Å². The average Bonchev–Trinajstić information content (AvgIpc) is 3.32. The Balaban J connectivity index is 1.11. The normalized spacial score (nSPS) is 14.7. The van der Waals surface area contributed by atoms with E-state index in [9.17, 15) is 9.18 Å². The summed E-state index contributed by atoms with van der Waals surface area (Å²) in [6, 6.07) is 18.0. The number of hydrogen-bond donors (Lipinski definition) is 1. The van der Waals surface area contributed by atoms with Gasteiger partial charge in [-0.2, -0.15) is 0 Å². The van der Waals surface area contributed by atoms with E-state index in [2.05, 4.69) is 37.5 Å². The molecule has 3 heterocycles. The lowest BCUT2D eigenvalue weighted by Crippen LogP contribution is -2.44. The maximum absolute atomic E-state index is 13.4. The van der Waals surface area contributed by atoms with Crippen molar-refractivity contribution in [2.24, 2.45) is 0 Å². The van der Waals surface area contributed by atoms with Crippen molar-refractivity contribution in [1.82, 2.24) is 25.4 Å². The molecule has 35 heavy (non-hydrogen) atoms. The number of likely N-dealkylation sites (tertiary alicyclic amines) is 1. The third-order valence-electron chi connectivity index (χ3n) is 6.20. The van der Waals surface area contributed by atoms with Crippen LogP contribution in [0.15, 0.2) is 71.3 Å². The number of pyridine rings is 1. The van der Waals surface area contributed by atoms with Gasteiger partial charge in [-0.3, -0.25) is 14.7 Å². The fourth-order valence-corrected chi connectivity index (χ4v) is 4.28.